The van der Waals surface area contributed by atoms with Crippen LogP contribution >= 0.6 is 0 Å². The van der Waals surface area contributed by atoms with E-state index in [-0.39, 0.29) is 0 Å². The second-order valence-corrected chi connectivity index (χ2v) is 6.97. The quantitative estimate of drug-likeness (QED) is 0.670. The van der Waals surface area contributed by atoms with Gasteiger partial charge >= 0.3 is 0 Å². The monoisotopic (exact) mass is 280 g/mol. The van der Waals surface area contributed by atoms with Crippen molar-refractivity contribution in [2.45, 2.75) is 83.6 Å². The van der Waals surface area contributed by atoms with Gasteiger partial charge in [-0.1, -0.05) is 58.3 Å². The molecule has 0 spiro atoms. The highest BCUT2D eigenvalue weighted by molar-refractivity contribution is 4.86. The summed E-state index contributed by atoms with van der Waals surface area (Å²) in [4.78, 5) is 2.83. The van der Waals surface area contributed by atoms with Crippen molar-refractivity contribution in [2.75, 3.05) is 26.2 Å². The molecule has 20 heavy (non-hydrogen) atoms. The van der Waals surface area contributed by atoms with Crippen LogP contribution in [0.2, 0.25) is 0 Å². The molecule has 1 heterocycles. The van der Waals surface area contributed by atoms with Crippen molar-refractivity contribution < 1.29 is 0 Å². The summed E-state index contributed by atoms with van der Waals surface area (Å²) >= 11 is 0. The summed E-state index contributed by atoms with van der Waals surface area (Å²) in [6.45, 7) is 7.40. The SMILES string of the molecule is CCCCCCCCN1CCNCC1C1CCCCC1. The van der Waals surface area contributed by atoms with Gasteiger partial charge < -0.3 is 5.32 Å². The number of nitrogens with zero attached hydrogens (tertiary/aromatic N) is 1. The molecule has 0 bridgehead atoms. The third-order valence-electron chi connectivity index (χ3n) is 5.39. The summed E-state index contributed by atoms with van der Waals surface area (Å²) in [5.41, 5.74) is 0. The predicted octanol–water partition coefficient (Wildman–Crippen LogP) is 4.20. The zero-order valence-corrected chi connectivity index (χ0v) is 13.7. The highest BCUT2D eigenvalue weighted by Crippen LogP contribution is 2.29. The summed E-state index contributed by atoms with van der Waals surface area (Å²) in [6.07, 6.45) is 16.0. The summed E-state index contributed by atoms with van der Waals surface area (Å²) in [6, 6.07) is 0.847. The molecule has 0 aromatic rings. The lowest BCUT2D eigenvalue weighted by Crippen LogP contribution is -2.54. The lowest BCUT2D eigenvalue weighted by Gasteiger charge is -2.42. The van der Waals surface area contributed by atoms with E-state index in [1.165, 1.54) is 96.8 Å². The van der Waals surface area contributed by atoms with E-state index in [2.05, 4.69) is 17.1 Å². The van der Waals surface area contributed by atoms with Gasteiger partial charge in [0.25, 0.3) is 0 Å². The fraction of sp³-hybridized carbons (Fsp3) is 1.00. The second kappa shape index (κ2) is 9.78. The van der Waals surface area contributed by atoms with Crippen molar-refractivity contribution in [1.82, 2.24) is 10.2 Å². The Morgan fingerprint density at radius 1 is 0.950 bits per heavy atom. The third kappa shape index (κ3) is 5.37. The van der Waals surface area contributed by atoms with E-state index < -0.39 is 0 Å². The summed E-state index contributed by atoms with van der Waals surface area (Å²) in [7, 11) is 0. The molecule has 0 amide bonds. The molecule has 1 unspecified atom stereocenters. The average Bonchev–Trinajstić information content (AvgIpc) is 2.52. The van der Waals surface area contributed by atoms with E-state index in [0.717, 1.165) is 12.0 Å². The molecule has 2 rings (SSSR count). The van der Waals surface area contributed by atoms with E-state index in [0.29, 0.717) is 0 Å². The van der Waals surface area contributed by atoms with E-state index in [9.17, 15) is 0 Å². The number of rotatable bonds is 8. The van der Waals surface area contributed by atoms with Gasteiger partial charge in [0, 0.05) is 25.7 Å². The van der Waals surface area contributed by atoms with Crippen LogP contribution in [0, 0.1) is 5.92 Å². The van der Waals surface area contributed by atoms with Crippen molar-refractivity contribution in [2.24, 2.45) is 5.92 Å². The Morgan fingerprint density at radius 2 is 1.70 bits per heavy atom. The van der Waals surface area contributed by atoms with Crippen molar-refractivity contribution in [3.63, 3.8) is 0 Å². The molecule has 1 aliphatic carbocycles. The van der Waals surface area contributed by atoms with E-state index in [1.54, 1.807) is 0 Å². The molecule has 1 aliphatic heterocycles. The van der Waals surface area contributed by atoms with Gasteiger partial charge in [0.2, 0.25) is 0 Å². The van der Waals surface area contributed by atoms with Crippen LogP contribution in [-0.4, -0.2) is 37.1 Å². The Morgan fingerprint density at radius 3 is 2.50 bits per heavy atom. The Bertz CT molecular complexity index is 236. The van der Waals surface area contributed by atoms with Crippen LogP contribution in [0.15, 0.2) is 0 Å². The first-order chi connectivity index (χ1) is 9.92. The van der Waals surface area contributed by atoms with Crippen LogP contribution in [0.25, 0.3) is 0 Å². The van der Waals surface area contributed by atoms with E-state index >= 15 is 0 Å². The standard InChI is InChI=1S/C18H36N2/c1-2-3-4-5-6-10-14-20-15-13-19-16-18(20)17-11-8-7-9-12-17/h17-19H,2-16H2,1H3. The molecule has 1 N–H and O–H groups in total. The molecular weight excluding hydrogens is 244 g/mol. The first kappa shape index (κ1) is 16.3. The van der Waals surface area contributed by atoms with E-state index in [4.69, 9.17) is 0 Å². The Labute approximate surface area is 126 Å². The van der Waals surface area contributed by atoms with Crippen molar-refractivity contribution in [3.8, 4) is 0 Å². The van der Waals surface area contributed by atoms with Gasteiger partial charge in [0.15, 0.2) is 0 Å². The van der Waals surface area contributed by atoms with Crippen molar-refractivity contribution in [1.29, 1.82) is 0 Å². The number of nitrogens with one attached hydrogen (secondary N) is 1. The molecule has 118 valence electrons. The highest BCUT2D eigenvalue weighted by atomic mass is 15.2. The predicted molar refractivity (Wildman–Crippen MR) is 88.2 cm³/mol. The molecule has 2 aliphatic rings. The fourth-order valence-corrected chi connectivity index (χ4v) is 4.12. The maximum atomic E-state index is 3.64. The van der Waals surface area contributed by atoms with Crippen molar-refractivity contribution >= 4 is 0 Å². The fourth-order valence-electron chi connectivity index (χ4n) is 4.12. The first-order valence-electron chi connectivity index (χ1n) is 9.36. The van der Waals surface area contributed by atoms with Crippen molar-refractivity contribution in [3.05, 3.63) is 0 Å². The minimum absolute atomic E-state index is 0.847. The van der Waals surface area contributed by atoms with Crippen LogP contribution in [0.3, 0.4) is 0 Å². The number of hydrogen-bond acceptors (Lipinski definition) is 2. The molecule has 2 nitrogen and oxygen atoms in total. The van der Waals surface area contributed by atoms with Crippen LogP contribution in [0.4, 0.5) is 0 Å². The normalized spacial score (nSPS) is 25.9. The molecule has 0 radical (unpaired) electrons. The van der Waals surface area contributed by atoms with Gasteiger partial charge in [-0.25, -0.2) is 0 Å². The van der Waals surface area contributed by atoms with Crippen LogP contribution in [-0.2, 0) is 0 Å². The topological polar surface area (TPSA) is 15.3 Å². The van der Waals surface area contributed by atoms with Crippen LogP contribution in [0.5, 0.6) is 0 Å². The largest absolute Gasteiger partial charge is 0.314 e. The molecule has 2 fully saturated rings. The van der Waals surface area contributed by atoms with Gasteiger partial charge in [-0.15, -0.1) is 0 Å². The van der Waals surface area contributed by atoms with Gasteiger partial charge in [0.05, 0.1) is 0 Å². The average molecular weight is 281 g/mol. The summed E-state index contributed by atoms with van der Waals surface area (Å²) in [5, 5.41) is 3.64. The van der Waals surface area contributed by atoms with Gasteiger partial charge in [-0.3, -0.25) is 4.90 Å². The van der Waals surface area contributed by atoms with Gasteiger partial charge in [-0.05, 0) is 31.7 Å². The maximum absolute atomic E-state index is 3.64. The zero-order chi connectivity index (χ0) is 14.0. The molecule has 1 atom stereocenters. The minimum Gasteiger partial charge on any atom is -0.314 e. The lowest BCUT2D eigenvalue weighted by molar-refractivity contribution is 0.0907. The Kier molecular flexibility index (Phi) is 7.97. The lowest BCUT2D eigenvalue weighted by atomic mass is 9.82. The minimum atomic E-state index is 0.847. The first-order valence-corrected chi connectivity index (χ1v) is 9.36. The Hall–Kier alpha value is -0.0800. The number of hydrogen-bond donors (Lipinski definition) is 1. The molecule has 1 saturated heterocycles. The smallest absolute Gasteiger partial charge is 0.0249 e. The molecule has 1 saturated carbocycles. The summed E-state index contributed by atoms with van der Waals surface area (Å²) < 4.78 is 0. The highest BCUT2D eigenvalue weighted by Gasteiger charge is 2.30. The van der Waals surface area contributed by atoms with Gasteiger partial charge in [-0.2, -0.15) is 0 Å². The molecule has 0 aromatic carbocycles. The van der Waals surface area contributed by atoms with Crippen LogP contribution in [0.1, 0.15) is 77.6 Å². The van der Waals surface area contributed by atoms with E-state index in [1.807, 2.05) is 0 Å². The zero-order valence-electron chi connectivity index (χ0n) is 13.7. The number of unbranched alkanes of at least 4 members (excludes halogenated alkanes) is 5. The Balaban J connectivity index is 1.67. The molecular formula is C18H36N2. The van der Waals surface area contributed by atoms with Gasteiger partial charge in [0.1, 0.15) is 0 Å². The second-order valence-electron chi connectivity index (χ2n) is 6.97. The molecule has 2 heteroatoms. The molecule has 0 aromatic heterocycles. The van der Waals surface area contributed by atoms with Crippen LogP contribution < -0.4 is 5.32 Å². The maximum Gasteiger partial charge on any atom is 0.0249 e. The third-order valence-corrected chi connectivity index (χ3v) is 5.39. The number of piperazine rings is 1. The summed E-state index contributed by atoms with van der Waals surface area (Å²) in [5.74, 6) is 0.983.